The summed E-state index contributed by atoms with van der Waals surface area (Å²) in [5, 5.41) is 2.85. The number of carbonyl (C=O) groups is 2. The molecule has 0 aliphatic carbocycles. The number of nitrogens with two attached hydrogens (primary N) is 1. The van der Waals surface area contributed by atoms with Crippen LogP contribution in [0.5, 0.6) is 0 Å². The van der Waals surface area contributed by atoms with Crippen molar-refractivity contribution in [2.24, 2.45) is 5.73 Å². The first-order chi connectivity index (χ1) is 9.59. The first kappa shape index (κ1) is 14.5. The van der Waals surface area contributed by atoms with Gasteiger partial charge >= 0.3 is 0 Å². The number of hydrogen-bond acceptors (Lipinski definition) is 3. The minimum atomic E-state index is -0.338. The summed E-state index contributed by atoms with van der Waals surface area (Å²) in [6, 6.07) is 9.08. The van der Waals surface area contributed by atoms with Gasteiger partial charge in [-0.15, -0.1) is 0 Å². The molecular formula is C15H21N3O2. The maximum Gasteiger partial charge on any atom is 0.242 e. The Hall–Kier alpha value is -1.88. The van der Waals surface area contributed by atoms with E-state index in [1.54, 1.807) is 4.90 Å². The van der Waals surface area contributed by atoms with Crippen LogP contribution >= 0.6 is 0 Å². The molecule has 0 radical (unpaired) electrons. The van der Waals surface area contributed by atoms with Crippen LogP contribution in [-0.2, 0) is 9.59 Å². The van der Waals surface area contributed by atoms with Gasteiger partial charge in [-0.2, -0.15) is 0 Å². The highest BCUT2D eigenvalue weighted by molar-refractivity contribution is 5.87. The van der Waals surface area contributed by atoms with Crippen LogP contribution in [-0.4, -0.2) is 35.8 Å². The summed E-state index contributed by atoms with van der Waals surface area (Å²) in [6.45, 7) is 2.55. The van der Waals surface area contributed by atoms with Crippen LogP contribution in [0.2, 0.25) is 0 Å². The fourth-order valence-electron chi connectivity index (χ4n) is 2.56. The Morgan fingerprint density at radius 2 is 2.10 bits per heavy atom. The van der Waals surface area contributed by atoms with E-state index in [-0.39, 0.29) is 23.9 Å². The summed E-state index contributed by atoms with van der Waals surface area (Å²) < 4.78 is 0. The van der Waals surface area contributed by atoms with E-state index in [9.17, 15) is 9.59 Å². The van der Waals surface area contributed by atoms with Gasteiger partial charge in [-0.05, 0) is 18.4 Å². The molecule has 20 heavy (non-hydrogen) atoms. The Morgan fingerprint density at radius 1 is 1.40 bits per heavy atom. The maximum atomic E-state index is 12.1. The summed E-state index contributed by atoms with van der Waals surface area (Å²) >= 11 is 0. The number of amides is 2. The third-order valence-electron chi connectivity index (χ3n) is 3.68. The molecule has 0 bridgehead atoms. The van der Waals surface area contributed by atoms with Gasteiger partial charge in [0.2, 0.25) is 11.8 Å². The molecule has 5 nitrogen and oxygen atoms in total. The van der Waals surface area contributed by atoms with Gasteiger partial charge in [0.25, 0.3) is 0 Å². The minimum Gasteiger partial charge on any atom is -0.352 e. The second-order valence-corrected chi connectivity index (χ2v) is 5.13. The van der Waals surface area contributed by atoms with Gasteiger partial charge in [-0.25, -0.2) is 0 Å². The summed E-state index contributed by atoms with van der Waals surface area (Å²) in [6.07, 6.45) is 1.61. The van der Waals surface area contributed by atoms with Crippen molar-refractivity contribution < 1.29 is 9.59 Å². The fourth-order valence-corrected chi connectivity index (χ4v) is 2.56. The molecule has 2 unspecified atom stereocenters. The predicted molar refractivity (Wildman–Crippen MR) is 76.8 cm³/mol. The van der Waals surface area contributed by atoms with Crippen molar-refractivity contribution in [1.82, 2.24) is 10.2 Å². The first-order valence-corrected chi connectivity index (χ1v) is 6.95. The normalized spacial score (nSPS) is 19.7. The number of nitrogens with zero attached hydrogens (tertiary/aromatic N) is 1. The van der Waals surface area contributed by atoms with Crippen molar-refractivity contribution in [3.63, 3.8) is 0 Å². The minimum absolute atomic E-state index is 0.0463. The van der Waals surface area contributed by atoms with Gasteiger partial charge in [-0.3, -0.25) is 9.59 Å². The molecule has 5 heteroatoms. The molecule has 1 heterocycles. The Kier molecular flexibility index (Phi) is 4.74. The molecule has 0 saturated carbocycles. The van der Waals surface area contributed by atoms with Crippen molar-refractivity contribution in [1.29, 1.82) is 0 Å². The number of rotatable bonds is 4. The molecule has 1 aliphatic heterocycles. The Labute approximate surface area is 119 Å². The summed E-state index contributed by atoms with van der Waals surface area (Å²) in [5.74, 6) is -0.154. The molecule has 0 spiro atoms. The van der Waals surface area contributed by atoms with Crippen LogP contribution in [0.1, 0.15) is 31.4 Å². The number of hydrogen-bond donors (Lipinski definition) is 2. The van der Waals surface area contributed by atoms with Gasteiger partial charge in [0, 0.05) is 26.1 Å². The smallest absolute Gasteiger partial charge is 0.242 e. The third-order valence-corrected chi connectivity index (χ3v) is 3.68. The van der Waals surface area contributed by atoms with Gasteiger partial charge in [0.1, 0.15) is 6.04 Å². The zero-order valence-corrected chi connectivity index (χ0v) is 11.7. The van der Waals surface area contributed by atoms with E-state index >= 15 is 0 Å². The lowest BCUT2D eigenvalue weighted by atomic mass is 10.1. The van der Waals surface area contributed by atoms with Crippen molar-refractivity contribution in [2.45, 2.75) is 31.8 Å². The SMILES string of the molecule is CC(=O)N1CCCC1C(=O)NCC(N)c1ccccc1. The number of benzene rings is 1. The van der Waals surface area contributed by atoms with Crippen LogP contribution in [0.15, 0.2) is 30.3 Å². The molecule has 2 amide bonds. The highest BCUT2D eigenvalue weighted by Crippen LogP contribution is 2.17. The van der Waals surface area contributed by atoms with E-state index in [1.165, 1.54) is 6.92 Å². The molecule has 1 aromatic rings. The predicted octanol–water partition coefficient (Wildman–Crippen LogP) is 0.814. The van der Waals surface area contributed by atoms with Crippen LogP contribution in [0.4, 0.5) is 0 Å². The lowest BCUT2D eigenvalue weighted by molar-refractivity contribution is -0.136. The Bertz CT molecular complexity index is 475. The average molecular weight is 275 g/mol. The standard InChI is InChI=1S/C15H21N3O2/c1-11(19)18-9-5-8-14(18)15(20)17-10-13(16)12-6-3-2-4-7-12/h2-4,6-7,13-14H,5,8-10,16H2,1H3,(H,17,20). The molecule has 1 saturated heterocycles. The summed E-state index contributed by atoms with van der Waals surface area (Å²) in [4.78, 5) is 25.2. The summed E-state index contributed by atoms with van der Waals surface area (Å²) in [5.41, 5.74) is 7.03. The second-order valence-electron chi connectivity index (χ2n) is 5.13. The number of carbonyl (C=O) groups excluding carboxylic acids is 2. The second kappa shape index (κ2) is 6.52. The molecule has 1 fully saturated rings. The van der Waals surface area contributed by atoms with Crippen LogP contribution in [0, 0.1) is 0 Å². The van der Waals surface area contributed by atoms with Crippen molar-refractivity contribution in [2.75, 3.05) is 13.1 Å². The fraction of sp³-hybridized carbons (Fsp3) is 0.467. The monoisotopic (exact) mass is 275 g/mol. The van der Waals surface area contributed by atoms with Crippen LogP contribution in [0.3, 0.4) is 0 Å². The van der Waals surface area contributed by atoms with Crippen LogP contribution < -0.4 is 11.1 Å². The van der Waals surface area contributed by atoms with Crippen molar-refractivity contribution in [3.05, 3.63) is 35.9 Å². The quantitative estimate of drug-likeness (QED) is 0.854. The molecule has 0 aromatic heterocycles. The van der Waals surface area contributed by atoms with Crippen LogP contribution in [0.25, 0.3) is 0 Å². The van der Waals surface area contributed by atoms with E-state index in [2.05, 4.69) is 5.32 Å². The van der Waals surface area contributed by atoms with Gasteiger partial charge in [0.05, 0.1) is 0 Å². The molecule has 108 valence electrons. The molecular weight excluding hydrogens is 254 g/mol. The Morgan fingerprint density at radius 3 is 2.75 bits per heavy atom. The van der Waals surface area contributed by atoms with Crippen molar-refractivity contribution >= 4 is 11.8 Å². The largest absolute Gasteiger partial charge is 0.352 e. The lowest BCUT2D eigenvalue weighted by Gasteiger charge is -2.23. The van der Waals surface area contributed by atoms with Gasteiger partial charge in [0.15, 0.2) is 0 Å². The maximum absolute atomic E-state index is 12.1. The average Bonchev–Trinajstić information content (AvgIpc) is 2.95. The van der Waals surface area contributed by atoms with Crippen molar-refractivity contribution in [3.8, 4) is 0 Å². The van der Waals surface area contributed by atoms with E-state index in [4.69, 9.17) is 5.73 Å². The molecule has 1 aliphatic rings. The number of likely N-dealkylation sites (tertiary alicyclic amines) is 1. The van der Waals surface area contributed by atoms with Gasteiger partial charge < -0.3 is 16.0 Å². The molecule has 2 atom stereocenters. The molecule has 2 rings (SSSR count). The van der Waals surface area contributed by atoms with E-state index in [1.807, 2.05) is 30.3 Å². The summed E-state index contributed by atoms with van der Waals surface area (Å²) in [7, 11) is 0. The lowest BCUT2D eigenvalue weighted by Crippen LogP contribution is -2.46. The highest BCUT2D eigenvalue weighted by Gasteiger charge is 2.32. The molecule has 3 N–H and O–H groups in total. The zero-order chi connectivity index (χ0) is 14.5. The Balaban J connectivity index is 1.87. The van der Waals surface area contributed by atoms with E-state index in [0.717, 1.165) is 18.4 Å². The van der Waals surface area contributed by atoms with Gasteiger partial charge in [-0.1, -0.05) is 30.3 Å². The third kappa shape index (κ3) is 3.36. The zero-order valence-electron chi connectivity index (χ0n) is 11.7. The van der Waals surface area contributed by atoms with E-state index in [0.29, 0.717) is 13.1 Å². The first-order valence-electron chi connectivity index (χ1n) is 6.95. The molecule has 1 aromatic carbocycles. The van der Waals surface area contributed by atoms with E-state index < -0.39 is 0 Å². The topological polar surface area (TPSA) is 75.4 Å². The number of nitrogens with one attached hydrogen (secondary N) is 1. The highest BCUT2D eigenvalue weighted by atomic mass is 16.2.